The van der Waals surface area contributed by atoms with Crippen molar-refractivity contribution in [3.63, 3.8) is 0 Å². The van der Waals surface area contributed by atoms with Gasteiger partial charge in [0.2, 0.25) is 0 Å². The first kappa shape index (κ1) is 11.1. The van der Waals surface area contributed by atoms with Crippen LogP contribution < -0.4 is 10.2 Å². The van der Waals surface area contributed by atoms with Crippen molar-refractivity contribution in [2.45, 2.75) is 19.9 Å². The van der Waals surface area contributed by atoms with Crippen molar-refractivity contribution in [3.05, 3.63) is 30.3 Å². The van der Waals surface area contributed by atoms with Crippen molar-refractivity contribution in [3.8, 4) is 0 Å². The van der Waals surface area contributed by atoms with Gasteiger partial charge in [-0.05, 0) is 19.5 Å². The molecule has 1 radical (unpaired) electrons. The molecule has 1 atom stereocenters. The number of para-hydroxylation sites is 1. The Morgan fingerprint density at radius 3 is 2.86 bits per heavy atom. The van der Waals surface area contributed by atoms with Crippen LogP contribution in [0.2, 0.25) is 0 Å². The molecule has 0 bridgehead atoms. The van der Waals surface area contributed by atoms with Crippen LogP contribution in [-0.2, 0) is 0 Å². The lowest BCUT2D eigenvalue weighted by molar-refractivity contribution is 0.564. The highest BCUT2D eigenvalue weighted by atomic mass is 15.1. The van der Waals surface area contributed by atoms with E-state index in [1.807, 2.05) is 18.2 Å². The summed E-state index contributed by atoms with van der Waals surface area (Å²) in [6.45, 7) is 6.36. The lowest BCUT2D eigenvalue weighted by atomic mass is 10.2. The molecule has 0 aliphatic rings. The normalized spacial score (nSPS) is 12.5. The maximum atomic E-state index is 3.39. The highest BCUT2D eigenvalue weighted by Crippen LogP contribution is 2.09. The Kier molecular flexibility index (Phi) is 4.47. The van der Waals surface area contributed by atoms with Crippen LogP contribution in [0.1, 0.15) is 13.8 Å². The molecule has 0 aliphatic carbocycles. The number of hydrogen-bond acceptors (Lipinski definition) is 2. The summed E-state index contributed by atoms with van der Waals surface area (Å²) in [5.41, 5.74) is 1.15. The zero-order chi connectivity index (χ0) is 10.4. The molecular formula is C12H19N2. The lowest BCUT2D eigenvalue weighted by Crippen LogP contribution is -2.37. The lowest BCUT2D eigenvalue weighted by Gasteiger charge is -2.23. The monoisotopic (exact) mass is 191 g/mol. The molecule has 14 heavy (non-hydrogen) atoms. The van der Waals surface area contributed by atoms with Gasteiger partial charge in [-0.2, -0.15) is 0 Å². The Labute approximate surface area is 86.9 Å². The van der Waals surface area contributed by atoms with E-state index in [1.165, 1.54) is 0 Å². The first-order chi connectivity index (χ1) is 6.74. The molecule has 2 heteroatoms. The van der Waals surface area contributed by atoms with Crippen molar-refractivity contribution >= 4 is 5.69 Å². The predicted molar refractivity (Wildman–Crippen MR) is 61.7 cm³/mol. The molecule has 0 amide bonds. The second-order valence-corrected chi connectivity index (χ2v) is 3.59. The van der Waals surface area contributed by atoms with E-state index in [-0.39, 0.29) is 0 Å². The molecule has 77 valence electrons. The van der Waals surface area contributed by atoms with Crippen LogP contribution in [0.15, 0.2) is 24.3 Å². The number of nitrogens with one attached hydrogen (secondary N) is 1. The Bertz CT molecular complexity index is 246. The van der Waals surface area contributed by atoms with E-state index < -0.39 is 0 Å². The van der Waals surface area contributed by atoms with Gasteiger partial charge in [0.05, 0.1) is 0 Å². The first-order valence-electron chi connectivity index (χ1n) is 5.15. The fraction of sp³-hybridized carbons (Fsp3) is 0.500. The molecule has 0 saturated carbocycles. The maximum Gasteiger partial charge on any atom is 0.0444 e. The molecule has 1 aromatic rings. The van der Waals surface area contributed by atoms with Crippen LogP contribution in [0.3, 0.4) is 0 Å². The SMILES string of the molecule is CCNC(C)CN(C)c1[c]cccc1. The Morgan fingerprint density at radius 2 is 2.29 bits per heavy atom. The minimum Gasteiger partial charge on any atom is -0.373 e. The van der Waals surface area contributed by atoms with Crippen LogP contribution >= 0.6 is 0 Å². The molecule has 0 spiro atoms. The van der Waals surface area contributed by atoms with E-state index in [4.69, 9.17) is 0 Å². The van der Waals surface area contributed by atoms with E-state index >= 15 is 0 Å². The van der Waals surface area contributed by atoms with E-state index in [0.717, 1.165) is 18.8 Å². The van der Waals surface area contributed by atoms with Gasteiger partial charge in [0.25, 0.3) is 0 Å². The van der Waals surface area contributed by atoms with Crippen molar-refractivity contribution in [2.75, 3.05) is 25.0 Å². The predicted octanol–water partition coefficient (Wildman–Crippen LogP) is 1.92. The van der Waals surface area contributed by atoms with Crippen LogP contribution in [0.5, 0.6) is 0 Å². The van der Waals surface area contributed by atoms with Gasteiger partial charge in [-0.1, -0.05) is 25.1 Å². The fourth-order valence-corrected chi connectivity index (χ4v) is 1.54. The van der Waals surface area contributed by atoms with E-state index in [1.54, 1.807) is 0 Å². The van der Waals surface area contributed by atoms with Crippen LogP contribution in [-0.4, -0.2) is 26.2 Å². The second kappa shape index (κ2) is 5.66. The third kappa shape index (κ3) is 3.38. The zero-order valence-electron chi connectivity index (χ0n) is 9.25. The molecular weight excluding hydrogens is 172 g/mol. The number of nitrogens with zero attached hydrogens (tertiary/aromatic N) is 1. The van der Waals surface area contributed by atoms with Crippen LogP contribution in [0.25, 0.3) is 0 Å². The fourth-order valence-electron chi connectivity index (χ4n) is 1.54. The highest BCUT2D eigenvalue weighted by Gasteiger charge is 2.04. The summed E-state index contributed by atoms with van der Waals surface area (Å²) in [5, 5.41) is 3.39. The molecule has 0 fully saturated rings. The highest BCUT2D eigenvalue weighted by molar-refractivity contribution is 5.43. The summed E-state index contributed by atoms with van der Waals surface area (Å²) in [5.74, 6) is 0. The topological polar surface area (TPSA) is 15.3 Å². The molecule has 1 N–H and O–H groups in total. The van der Waals surface area contributed by atoms with E-state index in [2.05, 4.69) is 43.2 Å². The van der Waals surface area contributed by atoms with E-state index in [0.29, 0.717) is 6.04 Å². The second-order valence-electron chi connectivity index (χ2n) is 3.59. The third-order valence-electron chi connectivity index (χ3n) is 2.20. The largest absolute Gasteiger partial charge is 0.373 e. The number of rotatable bonds is 5. The van der Waals surface area contributed by atoms with Gasteiger partial charge in [-0.15, -0.1) is 0 Å². The zero-order valence-corrected chi connectivity index (χ0v) is 9.25. The minimum atomic E-state index is 0.513. The molecule has 1 aromatic carbocycles. The maximum absolute atomic E-state index is 3.39. The minimum absolute atomic E-state index is 0.513. The number of anilines is 1. The standard InChI is InChI=1S/C12H19N2/c1-4-13-11(2)10-14(3)12-8-6-5-7-9-12/h5-8,11,13H,4,10H2,1-3H3. The van der Waals surface area contributed by atoms with Crippen molar-refractivity contribution in [1.29, 1.82) is 0 Å². The van der Waals surface area contributed by atoms with E-state index in [9.17, 15) is 0 Å². The number of benzene rings is 1. The molecule has 0 aromatic heterocycles. The van der Waals surface area contributed by atoms with Gasteiger partial charge in [-0.25, -0.2) is 0 Å². The summed E-state index contributed by atoms with van der Waals surface area (Å²) in [7, 11) is 2.10. The van der Waals surface area contributed by atoms with Gasteiger partial charge in [-0.3, -0.25) is 0 Å². The summed E-state index contributed by atoms with van der Waals surface area (Å²) in [4.78, 5) is 2.22. The van der Waals surface area contributed by atoms with Gasteiger partial charge in [0, 0.05) is 31.4 Å². The molecule has 0 saturated heterocycles. The van der Waals surface area contributed by atoms with Gasteiger partial charge in [0.15, 0.2) is 0 Å². The summed E-state index contributed by atoms with van der Waals surface area (Å²) in [6.07, 6.45) is 0. The van der Waals surface area contributed by atoms with Gasteiger partial charge < -0.3 is 10.2 Å². The quantitative estimate of drug-likeness (QED) is 0.765. The third-order valence-corrected chi connectivity index (χ3v) is 2.20. The van der Waals surface area contributed by atoms with Crippen LogP contribution in [0, 0.1) is 6.07 Å². The van der Waals surface area contributed by atoms with Gasteiger partial charge in [0.1, 0.15) is 0 Å². The number of likely N-dealkylation sites (N-methyl/N-ethyl adjacent to an activating group) is 2. The summed E-state index contributed by atoms with van der Waals surface area (Å²) >= 11 is 0. The van der Waals surface area contributed by atoms with Crippen molar-refractivity contribution in [2.24, 2.45) is 0 Å². The van der Waals surface area contributed by atoms with Crippen molar-refractivity contribution < 1.29 is 0 Å². The summed E-state index contributed by atoms with van der Waals surface area (Å²) < 4.78 is 0. The molecule has 1 unspecified atom stereocenters. The number of hydrogen-bond donors (Lipinski definition) is 1. The summed E-state index contributed by atoms with van der Waals surface area (Å²) in [6, 6.07) is 11.8. The smallest absolute Gasteiger partial charge is 0.0444 e. The first-order valence-corrected chi connectivity index (χ1v) is 5.15. The average Bonchev–Trinajstić information content (AvgIpc) is 2.19. The van der Waals surface area contributed by atoms with Gasteiger partial charge >= 0.3 is 0 Å². The molecule has 0 heterocycles. The molecule has 2 nitrogen and oxygen atoms in total. The molecule has 0 aliphatic heterocycles. The Hall–Kier alpha value is -1.02. The Balaban J connectivity index is 2.46. The average molecular weight is 191 g/mol. The van der Waals surface area contributed by atoms with Crippen molar-refractivity contribution in [1.82, 2.24) is 5.32 Å². The molecule has 1 rings (SSSR count). The Morgan fingerprint density at radius 1 is 1.50 bits per heavy atom. The van der Waals surface area contributed by atoms with Crippen LogP contribution in [0.4, 0.5) is 5.69 Å².